The predicted octanol–water partition coefficient (Wildman–Crippen LogP) is 3.15. The Kier molecular flexibility index (Phi) is 3.63. The van der Waals surface area contributed by atoms with Crippen LogP contribution in [0, 0.1) is 6.92 Å². The van der Waals surface area contributed by atoms with Crippen LogP contribution in [0.15, 0.2) is 53.8 Å². The molecule has 0 spiro atoms. The van der Waals surface area contributed by atoms with Gasteiger partial charge in [0.2, 0.25) is 0 Å². The van der Waals surface area contributed by atoms with Gasteiger partial charge < -0.3 is 4.74 Å². The predicted molar refractivity (Wildman–Crippen MR) is 91.7 cm³/mol. The van der Waals surface area contributed by atoms with Gasteiger partial charge in [0.05, 0.1) is 5.56 Å². The fraction of sp³-hybridized carbons (Fsp3) is 0.111. The number of benzene rings is 1. The number of ether oxygens (including phenoxy) is 1. The molecule has 1 aromatic heterocycles. The van der Waals surface area contributed by atoms with Crippen molar-refractivity contribution in [2.75, 3.05) is 0 Å². The molecule has 0 aliphatic carbocycles. The van der Waals surface area contributed by atoms with Crippen molar-refractivity contribution >= 4 is 18.1 Å². The molecule has 0 saturated carbocycles. The molecule has 26 heavy (non-hydrogen) atoms. The Labute approximate surface area is 146 Å². The van der Waals surface area contributed by atoms with E-state index in [0.717, 1.165) is 12.1 Å². The van der Waals surface area contributed by atoms with Crippen LogP contribution in [0.1, 0.15) is 11.3 Å². The zero-order valence-corrected chi connectivity index (χ0v) is 13.5. The number of amidine groups is 1. The van der Waals surface area contributed by atoms with Gasteiger partial charge in [-0.2, -0.15) is 13.2 Å². The fourth-order valence-electron chi connectivity index (χ4n) is 2.60. The summed E-state index contributed by atoms with van der Waals surface area (Å²) in [6.45, 7) is 1.78. The Bertz CT molecular complexity index is 1020. The van der Waals surface area contributed by atoms with Crippen LogP contribution in [0.2, 0.25) is 0 Å². The molecule has 2 aromatic rings. The molecule has 2 aliphatic rings. The topological polar surface area (TPSA) is 51.8 Å². The van der Waals surface area contributed by atoms with Crippen molar-refractivity contribution in [3.8, 4) is 16.9 Å². The SMILES string of the molecule is Cc1ncccc1-c1ccc(C(F)(F)F)cc1OC1=NN2C=[N+]=C2C=C1. The van der Waals surface area contributed by atoms with E-state index in [-0.39, 0.29) is 11.6 Å². The molecule has 0 unspecified atom stereocenters. The third kappa shape index (κ3) is 2.87. The van der Waals surface area contributed by atoms with Crippen LogP contribution in [0.4, 0.5) is 13.2 Å². The lowest BCUT2D eigenvalue weighted by Gasteiger charge is -2.17. The molecule has 8 heteroatoms. The Balaban J connectivity index is 1.77. The van der Waals surface area contributed by atoms with Crippen LogP contribution < -0.4 is 9.40 Å². The largest absolute Gasteiger partial charge is 0.436 e. The smallest absolute Gasteiger partial charge is 0.416 e. The van der Waals surface area contributed by atoms with E-state index in [1.165, 1.54) is 17.4 Å². The molecule has 0 N–H and O–H groups in total. The summed E-state index contributed by atoms with van der Waals surface area (Å²) in [4.78, 5) is 4.19. The Morgan fingerprint density at radius 1 is 1.12 bits per heavy atom. The lowest BCUT2D eigenvalue weighted by molar-refractivity contribution is -0.137. The lowest BCUT2D eigenvalue weighted by Crippen LogP contribution is -2.38. The van der Waals surface area contributed by atoms with E-state index in [1.54, 1.807) is 37.4 Å². The third-order valence-corrected chi connectivity index (χ3v) is 3.94. The van der Waals surface area contributed by atoms with E-state index in [2.05, 4.69) is 14.8 Å². The van der Waals surface area contributed by atoms with Gasteiger partial charge in [0.25, 0.3) is 5.90 Å². The molecule has 0 saturated heterocycles. The molecule has 0 bridgehead atoms. The van der Waals surface area contributed by atoms with Gasteiger partial charge in [0, 0.05) is 35.2 Å². The molecule has 0 amide bonds. The summed E-state index contributed by atoms with van der Waals surface area (Å²) >= 11 is 0. The van der Waals surface area contributed by atoms with E-state index in [0.29, 0.717) is 22.7 Å². The van der Waals surface area contributed by atoms with Crippen molar-refractivity contribution < 1.29 is 17.9 Å². The minimum atomic E-state index is -4.48. The second-order valence-corrected chi connectivity index (χ2v) is 5.67. The molecule has 5 nitrogen and oxygen atoms in total. The molecule has 0 fully saturated rings. The summed E-state index contributed by atoms with van der Waals surface area (Å²) in [7, 11) is 0. The first-order valence-corrected chi connectivity index (χ1v) is 7.70. The van der Waals surface area contributed by atoms with Crippen LogP contribution >= 0.6 is 0 Å². The minimum absolute atomic E-state index is 0.0558. The monoisotopic (exact) mass is 357 g/mol. The molecule has 2 aliphatic heterocycles. The van der Waals surface area contributed by atoms with Crippen LogP contribution in [0.25, 0.3) is 11.1 Å². The number of hydrazone groups is 1. The number of aryl methyl sites for hydroxylation is 1. The van der Waals surface area contributed by atoms with Gasteiger partial charge in [-0.1, -0.05) is 16.2 Å². The maximum Gasteiger partial charge on any atom is 0.416 e. The van der Waals surface area contributed by atoms with Gasteiger partial charge >= 0.3 is 18.4 Å². The molecule has 3 heterocycles. The number of aromatic nitrogens is 1. The number of halogens is 3. The van der Waals surface area contributed by atoms with E-state index in [9.17, 15) is 13.2 Å². The summed E-state index contributed by atoms with van der Waals surface area (Å²) in [5.74, 6) is 0.868. The molecular formula is C18H12F3N4O+. The Morgan fingerprint density at radius 2 is 1.96 bits per heavy atom. The maximum atomic E-state index is 13.1. The first kappa shape index (κ1) is 16.1. The van der Waals surface area contributed by atoms with Crippen molar-refractivity contribution in [2.24, 2.45) is 5.10 Å². The van der Waals surface area contributed by atoms with Crippen molar-refractivity contribution in [1.29, 1.82) is 0 Å². The van der Waals surface area contributed by atoms with Crippen LogP contribution in [-0.4, -0.2) is 28.1 Å². The number of hydrogen-bond donors (Lipinski definition) is 0. The summed E-state index contributed by atoms with van der Waals surface area (Å²) in [6.07, 6.45) is 1.86. The number of rotatable bonds is 2. The number of nitrogens with zero attached hydrogens (tertiary/aromatic N) is 4. The van der Waals surface area contributed by atoms with Gasteiger partial charge in [0.15, 0.2) is 0 Å². The molecule has 130 valence electrons. The standard InChI is InChI=1S/C18H12F3N4O/c1-11-13(3-2-8-22-11)14-5-4-12(18(19,20)21)9-15(14)26-17-7-6-16-23-10-25(16)24-17/h2-10H,1H3/q+1. The summed E-state index contributed by atoms with van der Waals surface area (Å²) in [6, 6.07) is 6.89. The minimum Gasteiger partial charge on any atom is -0.436 e. The van der Waals surface area contributed by atoms with Crippen LogP contribution in [-0.2, 0) is 6.18 Å². The molecule has 0 atom stereocenters. The second-order valence-electron chi connectivity index (χ2n) is 5.67. The van der Waals surface area contributed by atoms with Gasteiger partial charge in [0.1, 0.15) is 5.75 Å². The molecule has 4 rings (SSSR count). The average molecular weight is 357 g/mol. The first-order chi connectivity index (χ1) is 12.4. The number of fused-ring (bicyclic) bond motifs is 1. The van der Waals surface area contributed by atoms with Crippen LogP contribution in [0.5, 0.6) is 5.75 Å². The highest BCUT2D eigenvalue weighted by molar-refractivity contribution is 6.11. The Morgan fingerprint density at radius 3 is 2.62 bits per heavy atom. The van der Waals surface area contributed by atoms with Crippen molar-refractivity contribution in [3.63, 3.8) is 0 Å². The summed E-state index contributed by atoms with van der Waals surface area (Å²) in [5, 5.41) is 5.64. The van der Waals surface area contributed by atoms with Crippen molar-refractivity contribution in [2.45, 2.75) is 13.1 Å². The highest BCUT2D eigenvalue weighted by Crippen LogP contribution is 2.38. The average Bonchev–Trinajstić information content (AvgIpc) is 2.57. The summed E-state index contributed by atoms with van der Waals surface area (Å²) in [5.41, 5.74) is 1.08. The third-order valence-electron chi connectivity index (χ3n) is 3.94. The van der Waals surface area contributed by atoms with Gasteiger partial charge in [-0.25, -0.2) is 4.67 Å². The van der Waals surface area contributed by atoms with Crippen LogP contribution in [0.3, 0.4) is 0 Å². The quantitative estimate of drug-likeness (QED) is 0.776. The van der Waals surface area contributed by atoms with E-state index in [1.807, 2.05) is 0 Å². The van der Waals surface area contributed by atoms with E-state index < -0.39 is 11.7 Å². The van der Waals surface area contributed by atoms with Gasteiger partial charge in [-0.15, -0.1) is 0 Å². The maximum absolute atomic E-state index is 13.1. The zero-order chi connectivity index (χ0) is 18.3. The number of hydrogen-bond acceptors (Lipinski definition) is 4. The first-order valence-electron chi connectivity index (χ1n) is 7.70. The van der Waals surface area contributed by atoms with Gasteiger partial charge in [-0.3, -0.25) is 4.98 Å². The van der Waals surface area contributed by atoms with Gasteiger partial charge in [-0.05, 0) is 31.2 Å². The molecule has 1 aromatic carbocycles. The second kappa shape index (κ2) is 5.86. The van der Waals surface area contributed by atoms with E-state index in [4.69, 9.17) is 4.74 Å². The number of alkyl halides is 3. The Hall–Kier alpha value is -3.38. The lowest BCUT2D eigenvalue weighted by atomic mass is 10.0. The number of pyridine rings is 1. The van der Waals surface area contributed by atoms with Crippen molar-refractivity contribution in [3.05, 3.63) is 59.9 Å². The fourth-order valence-corrected chi connectivity index (χ4v) is 2.60. The summed E-state index contributed by atoms with van der Waals surface area (Å²) < 4.78 is 49.1. The highest BCUT2D eigenvalue weighted by atomic mass is 19.4. The van der Waals surface area contributed by atoms with Crippen molar-refractivity contribution in [1.82, 2.24) is 14.7 Å². The zero-order valence-electron chi connectivity index (χ0n) is 13.5. The highest BCUT2D eigenvalue weighted by Gasteiger charge is 2.32. The normalized spacial score (nSPS) is 15.2. The molecule has 0 radical (unpaired) electrons. The van der Waals surface area contributed by atoms with E-state index >= 15 is 0 Å². The molecular weight excluding hydrogens is 345 g/mol.